The summed E-state index contributed by atoms with van der Waals surface area (Å²) in [5, 5.41) is 4.62. The van der Waals surface area contributed by atoms with Gasteiger partial charge in [0.15, 0.2) is 0 Å². The van der Waals surface area contributed by atoms with Gasteiger partial charge in [-0.15, -0.1) is 0 Å². The van der Waals surface area contributed by atoms with Crippen LogP contribution in [0.2, 0.25) is 5.02 Å². The van der Waals surface area contributed by atoms with Gasteiger partial charge in [-0.3, -0.25) is 0 Å². The van der Waals surface area contributed by atoms with Crippen molar-refractivity contribution in [2.24, 2.45) is 5.73 Å². The van der Waals surface area contributed by atoms with Crippen molar-refractivity contribution in [2.75, 3.05) is 13.1 Å². The van der Waals surface area contributed by atoms with Crippen LogP contribution in [0.3, 0.4) is 0 Å². The summed E-state index contributed by atoms with van der Waals surface area (Å²) in [5.41, 5.74) is 8.14. The highest BCUT2D eigenvalue weighted by atomic mass is 35.5. The molecule has 1 atom stereocenters. The van der Waals surface area contributed by atoms with Gasteiger partial charge < -0.3 is 16.0 Å². The molecule has 1 saturated heterocycles. The van der Waals surface area contributed by atoms with Crippen LogP contribution in [0.5, 0.6) is 0 Å². The summed E-state index contributed by atoms with van der Waals surface area (Å²) in [7, 11) is 0. The number of piperidine rings is 1. The van der Waals surface area contributed by atoms with Crippen molar-refractivity contribution >= 4 is 17.6 Å². The SMILES string of the molecule is NC(=O)N1CCC(N[C@H]2CCCCc3ccc(Cl)cc32)CC1. The molecule has 1 aliphatic carbocycles. The molecule has 1 aromatic rings. The molecule has 1 heterocycles. The lowest BCUT2D eigenvalue weighted by Gasteiger charge is -2.34. The Kier molecular flexibility index (Phi) is 4.89. The Morgan fingerprint density at radius 2 is 2.00 bits per heavy atom. The maximum absolute atomic E-state index is 11.2. The maximum atomic E-state index is 11.2. The number of urea groups is 1. The maximum Gasteiger partial charge on any atom is 0.314 e. The summed E-state index contributed by atoms with van der Waals surface area (Å²) in [6.45, 7) is 1.50. The van der Waals surface area contributed by atoms with E-state index >= 15 is 0 Å². The van der Waals surface area contributed by atoms with E-state index in [1.165, 1.54) is 24.0 Å². The normalized spacial score (nSPS) is 23.0. The molecule has 22 heavy (non-hydrogen) atoms. The van der Waals surface area contributed by atoms with Crippen molar-refractivity contribution < 1.29 is 4.79 Å². The molecule has 0 spiro atoms. The average Bonchev–Trinajstić information content (AvgIpc) is 2.70. The van der Waals surface area contributed by atoms with E-state index in [0.717, 1.165) is 43.8 Å². The fraction of sp³-hybridized carbons (Fsp3) is 0.588. The topological polar surface area (TPSA) is 58.4 Å². The molecule has 5 heteroatoms. The first-order chi connectivity index (χ1) is 10.6. The van der Waals surface area contributed by atoms with Crippen LogP contribution in [0.15, 0.2) is 18.2 Å². The first-order valence-electron chi connectivity index (χ1n) is 8.22. The molecule has 4 nitrogen and oxygen atoms in total. The number of amides is 2. The molecule has 1 aliphatic heterocycles. The van der Waals surface area contributed by atoms with Gasteiger partial charge in [-0.25, -0.2) is 4.79 Å². The smallest absolute Gasteiger partial charge is 0.314 e. The Balaban J connectivity index is 1.68. The Morgan fingerprint density at radius 1 is 1.23 bits per heavy atom. The third-order valence-electron chi connectivity index (χ3n) is 4.92. The van der Waals surface area contributed by atoms with Gasteiger partial charge in [-0.05, 0) is 55.4 Å². The van der Waals surface area contributed by atoms with Gasteiger partial charge in [0, 0.05) is 30.2 Å². The zero-order valence-electron chi connectivity index (χ0n) is 12.9. The molecular formula is C17H24ClN3O. The van der Waals surface area contributed by atoms with Crippen LogP contribution in [0.1, 0.15) is 49.3 Å². The number of nitrogens with two attached hydrogens (primary N) is 1. The van der Waals surface area contributed by atoms with Gasteiger partial charge in [-0.2, -0.15) is 0 Å². The minimum atomic E-state index is -0.301. The monoisotopic (exact) mass is 321 g/mol. The predicted octanol–water partition coefficient (Wildman–Crippen LogP) is 3.24. The van der Waals surface area contributed by atoms with Crippen molar-refractivity contribution in [3.8, 4) is 0 Å². The Bertz CT molecular complexity index is 541. The number of nitrogens with zero attached hydrogens (tertiary/aromatic N) is 1. The lowest BCUT2D eigenvalue weighted by Crippen LogP contribution is -2.47. The van der Waals surface area contributed by atoms with E-state index in [4.69, 9.17) is 17.3 Å². The van der Waals surface area contributed by atoms with E-state index < -0.39 is 0 Å². The number of rotatable bonds is 2. The summed E-state index contributed by atoms with van der Waals surface area (Å²) >= 11 is 6.21. The zero-order chi connectivity index (χ0) is 15.5. The number of hydrogen-bond acceptors (Lipinski definition) is 2. The van der Waals surface area contributed by atoms with Crippen LogP contribution >= 0.6 is 11.6 Å². The number of fused-ring (bicyclic) bond motifs is 1. The molecule has 0 radical (unpaired) electrons. The molecule has 0 bridgehead atoms. The van der Waals surface area contributed by atoms with Gasteiger partial charge in [0.1, 0.15) is 0 Å². The number of hydrogen-bond donors (Lipinski definition) is 2. The van der Waals surface area contributed by atoms with Crippen LogP contribution in [-0.2, 0) is 6.42 Å². The molecule has 1 fully saturated rings. The van der Waals surface area contributed by atoms with Gasteiger partial charge >= 0.3 is 6.03 Å². The highest BCUT2D eigenvalue weighted by molar-refractivity contribution is 6.30. The second-order valence-corrected chi connectivity index (χ2v) is 6.84. The Morgan fingerprint density at radius 3 is 2.73 bits per heavy atom. The number of carbonyl (C=O) groups is 1. The first-order valence-corrected chi connectivity index (χ1v) is 8.60. The highest BCUT2D eigenvalue weighted by Gasteiger charge is 2.25. The molecular weight excluding hydrogens is 298 g/mol. The molecule has 120 valence electrons. The number of halogens is 1. The van der Waals surface area contributed by atoms with E-state index in [2.05, 4.69) is 17.4 Å². The summed E-state index contributed by atoms with van der Waals surface area (Å²) < 4.78 is 0. The number of carbonyl (C=O) groups excluding carboxylic acids is 1. The molecule has 3 N–H and O–H groups in total. The van der Waals surface area contributed by atoms with Crippen LogP contribution in [0, 0.1) is 0 Å². The average molecular weight is 322 g/mol. The molecule has 3 rings (SSSR count). The third-order valence-corrected chi connectivity index (χ3v) is 5.15. The molecule has 1 aromatic carbocycles. The first kappa shape index (κ1) is 15.6. The minimum absolute atomic E-state index is 0.301. The number of nitrogens with one attached hydrogen (secondary N) is 1. The number of likely N-dealkylation sites (tertiary alicyclic amines) is 1. The third kappa shape index (κ3) is 3.55. The van der Waals surface area contributed by atoms with E-state index in [1.54, 1.807) is 4.90 Å². The van der Waals surface area contributed by atoms with Crippen LogP contribution in [0.4, 0.5) is 4.79 Å². The lowest BCUT2D eigenvalue weighted by molar-refractivity contribution is 0.181. The number of aryl methyl sites for hydroxylation is 1. The molecule has 0 saturated carbocycles. The van der Waals surface area contributed by atoms with Gasteiger partial charge in [-0.1, -0.05) is 24.1 Å². The van der Waals surface area contributed by atoms with Gasteiger partial charge in [0.05, 0.1) is 0 Å². The molecule has 0 aromatic heterocycles. The second-order valence-electron chi connectivity index (χ2n) is 6.41. The summed E-state index contributed by atoms with van der Waals surface area (Å²) in [6, 6.07) is 6.82. The standard InChI is InChI=1S/C17H24ClN3O/c18-13-6-5-12-3-1-2-4-16(15(12)11-13)20-14-7-9-21(10-8-14)17(19)22/h5-6,11,14,16,20H,1-4,7-10H2,(H2,19,22)/t16-/m0/s1. The van der Waals surface area contributed by atoms with Gasteiger partial charge in [0.25, 0.3) is 0 Å². The Labute approximate surface area is 137 Å². The lowest BCUT2D eigenvalue weighted by atomic mass is 9.96. The summed E-state index contributed by atoms with van der Waals surface area (Å²) in [6.07, 6.45) is 6.72. The van der Waals surface area contributed by atoms with E-state index in [9.17, 15) is 4.79 Å². The summed E-state index contributed by atoms with van der Waals surface area (Å²) in [5.74, 6) is 0. The predicted molar refractivity (Wildman–Crippen MR) is 89.1 cm³/mol. The number of primary amides is 1. The van der Waals surface area contributed by atoms with Gasteiger partial charge in [0.2, 0.25) is 0 Å². The van der Waals surface area contributed by atoms with E-state index in [1.807, 2.05) is 6.07 Å². The number of benzene rings is 1. The zero-order valence-corrected chi connectivity index (χ0v) is 13.6. The fourth-order valence-electron chi connectivity index (χ4n) is 3.66. The van der Waals surface area contributed by atoms with Crippen molar-refractivity contribution in [1.82, 2.24) is 10.2 Å². The van der Waals surface area contributed by atoms with E-state index in [0.29, 0.717) is 12.1 Å². The largest absolute Gasteiger partial charge is 0.351 e. The van der Waals surface area contributed by atoms with Crippen LogP contribution in [-0.4, -0.2) is 30.1 Å². The fourth-order valence-corrected chi connectivity index (χ4v) is 3.84. The molecule has 2 aliphatic rings. The minimum Gasteiger partial charge on any atom is -0.351 e. The van der Waals surface area contributed by atoms with Crippen molar-refractivity contribution in [3.05, 3.63) is 34.3 Å². The highest BCUT2D eigenvalue weighted by Crippen LogP contribution is 2.31. The second kappa shape index (κ2) is 6.88. The van der Waals surface area contributed by atoms with Crippen LogP contribution < -0.4 is 11.1 Å². The van der Waals surface area contributed by atoms with Crippen LogP contribution in [0.25, 0.3) is 0 Å². The molecule has 0 unspecified atom stereocenters. The quantitative estimate of drug-likeness (QED) is 0.822. The van der Waals surface area contributed by atoms with Crippen molar-refractivity contribution in [1.29, 1.82) is 0 Å². The van der Waals surface area contributed by atoms with E-state index in [-0.39, 0.29) is 6.03 Å². The summed E-state index contributed by atoms with van der Waals surface area (Å²) in [4.78, 5) is 12.9. The Hall–Kier alpha value is -1.26. The van der Waals surface area contributed by atoms with Crippen molar-refractivity contribution in [3.63, 3.8) is 0 Å². The molecule has 2 amide bonds. The van der Waals surface area contributed by atoms with Crippen molar-refractivity contribution in [2.45, 2.75) is 50.6 Å².